The van der Waals surface area contributed by atoms with Gasteiger partial charge in [-0.1, -0.05) is 18.2 Å². The molecule has 3 aromatic rings. The van der Waals surface area contributed by atoms with Crippen molar-refractivity contribution >= 4 is 28.4 Å². The summed E-state index contributed by atoms with van der Waals surface area (Å²) in [6, 6.07) is 12.8. The maximum atomic E-state index is 9.85. The second kappa shape index (κ2) is 6.43. The number of hydrogen-bond donors (Lipinski definition) is 4. The van der Waals surface area contributed by atoms with E-state index in [1.807, 2.05) is 24.3 Å². The van der Waals surface area contributed by atoms with Gasteiger partial charge in [0.05, 0.1) is 23.2 Å². The first-order chi connectivity index (χ1) is 11.4. The third-order valence-electron chi connectivity index (χ3n) is 3.80. The summed E-state index contributed by atoms with van der Waals surface area (Å²) in [7, 11) is 0. The molecule has 1 heterocycles. The van der Waals surface area contributed by atoms with Crippen molar-refractivity contribution in [2.24, 2.45) is 0 Å². The average Bonchev–Trinajstić information content (AvgIpc) is 2.55. The highest BCUT2D eigenvalue weighted by Crippen LogP contribution is 2.28. The molecule has 0 spiro atoms. The van der Waals surface area contributed by atoms with E-state index in [1.165, 1.54) is 0 Å². The minimum atomic E-state index is -0.649. The van der Waals surface area contributed by atoms with E-state index in [0.717, 1.165) is 11.0 Å². The second-order valence-electron chi connectivity index (χ2n) is 5.81. The van der Waals surface area contributed by atoms with Gasteiger partial charge in [-0.2, -0.15) is 0 Å². The van der Waals surface area contributed by atoms with E-state index in [1.54, 1.807) is 32.0 Å². The molecule has 2 aromatic carbocycles. The monoisotopic (exact) mass is 324 g/mol. The number of anilines is 3. The Morgan fingerprint density at radius 3 is 2.00 bits per heavy atom. The number of aliphatic hydroxyl groups is 2. The SMILES string of the molecule is CC(O)c1cc(Nc2nc3ccccc3nc2N)cc(C(C)O)c1. The smallest absolute Gasteiger partial charge is 0.174 e. The molecule has 0 fully saturated rings. The zero-order chi connectivity index (χ0) is 17.3. The van der Waals surface area contributed by atoms with Crippen molar-refractivity contribution in [1.29, 1.82) is 0 Å². The van der Waals surface area contributed by atoms with Gasteiger partial charge in [0, 0.05) is 5.69 Å². The summed E-state index contributed by atoms with van der Waals surface area (Å²) >= 11 is 0. The Kier molecular flexibility index (Phi) is 4.33. The summed E-state index contributed by atoms with van der Waals surface area (Å²) < 4.78 is 0. The van der Waals surface area contributed by atoms with Gasteiger partial charge in [-0.15, -0.1) is 0 Å². The Hall–Kier alpha value is -2.70. The van der Waals surface area contributed by atoms with E-state index in [2.05, 4.69) is 15.3 Å². The Bertz CT molecular complexity index is 852. The lowest BCUT2D eigenvalue weighted by Gasteiger charge is -2.15. The first kappa shape index (κ1) is 16.2. The summed E-state index contributed by atoms with van der Waals surface area (Å²) in [4.78, 5) is 8.84. The molecule has 0 amide bonds. The number of nitrogens with zero attached hydrogens (tertiary/aromatic N) is 2. The lowest BCUT2D eigenvalue weighted by Crippen LogP contribution is -2.04. The van der Waals surface area contributed by atoms with Crippen molar-refractivity contribution in [3.8, 4) is 0 Å². The fourth-order valence-electron chi connectivity index (χ4n) is 2.47. The van der Waals surface area contributed by atoms with E-state index in [4.69, 9.17) is 5.73 Å². The van der Waals surface area contributed by atoms with Crippen LogP contribution in [0.25, 0.3) is 11.0 Å². The van der Waals surface area contributed by atoms with Crippen LogP contribution in [0, 0.1) is 0 Å². The van der Waals surface area contributed by atoms with Gasteiger partial charge >= 0.3 is 0 Å². The molecule has 2 atom stereocenters. The molecule has 2 unspecified atom stereocenters. The van der Waals surface area contributed by atoms with Crippen molar-refractivity contribution < 1.29 is 10.2 Å². The summed E-state index contributed by atoms with van der Waals surface area (Å²) in [5.41, 5.74) is 9.53. The Balaban J connectivity index is 2.03. The minimum absolute atomic E-state index is 0.287. The summed E-state index contributed by atoms with van der Waals surface area (Å²) in [5, 5.41) is 22.8. The number of aliphatic hydroxyl groups excluding tert-OH is 2. The van der Waals surface area contributed by atoms with Gasteiger partial charge in [0.1, 0.15) is 0 Å². The van der Waals surface area contributed by atoms with Crippen LogP contribution in [0.1, 0.15) is 37.2 Å². The van der Waals surface area contributed by atoms with E-state index in [9.17, 15) is 10.2 Å². The molecule has 6 heteroatoms. The van der Waals surface area contributed by atoms with Crippen LogP contribution >= 0.6 is 0 Å². The van der Waals surface area contributed by atoms with Crippen LogP contribution in [0.5, 0.6) is 0 Å². The molecule has 0 aliphatic carbocycles. The topological polar surface area (TPSA) is 104 Å². The van der Waals surface area contributed by atoms with Gasteiger partial charge in [0.15, 0.2) is 11.6 Å². The van der Waals surface area contributed by atoms with E-state index in [0.29, 0.717) is 22.6 Å². The van der Waals surface area contributed by atoms with E-state index >= 15 is 0 Å². The third kappa shape index (κ3) is 3.29. The third-order valence-corrected chi connectivity index (χ3v) is 3.80. The maximum Gasteiger partial charge on any atom is 0.174 e. The standard InChI is InChI=1S/C18H20N4O2/c1-10(23)12-7-13(11(2)24)9-14(8-12)20-18-17(19)21-15-5-3-4-6-16(15)22-18/h3-11,23-24H,1-2H3,(H2,19,21)(H,20,22). The number of nitrogen functional groups attached to an aromatic ring is 1. The largest absolute Gasteiger partial charge is 0.389 e. The highest BCUT2D eigenvalue weighted by atomic mass is 16.3. The predicted molar refractivity (Wildman–Crippen MR) is 94.9 cm³/mol. The molecule has 24 heavy (non-hydrogen) atoms. The van der Waals surface area contributed by atoms with Gasteiger partial charge in [0.2, 0.25) is 0 Å². The number of para-hydroxylation sites is 2. The van der Waals surface area contributed by atoms with Crippen LogP contribution < -0.4 is 11.1 Å². The van der Waals surface area contributed by atoms with E-state index in [-0.39, 0.29) is 5.82 Å². The molecule has 0 radical (unpaired) electrons. The van der Waals surface area contributed by atoms with Crippen LogP contribution in [-0.2, 0) is 0 Å². The van der Waals surface area contributed by atoms with E-state index < -0.39 is 12.2 Å². The molecule has 5 N–H and O–H groups in total. The van der Waals surface area contributed by atoms with Crippen molar-refractivity contribution in [3.63, 3.8) is 0 Å². The normalized spacial score (nSPS) is 13.7. The Labute approximate surface area is 140 Å². The van der Waals surface area contributed by atoms with Crippen LogP contribution in [0.15, 0.2) is 42.5 Å². The van der Waals surface area contributed by atoms with Crippen molar-refractivity contribution in [2.45, 2.75) is 26.1 Å². The number of aromatic nitrogens is 2. The van der Waals surface area contributed by atoms with Crippen molar-refractivity contribution in [1.82, 2.24) is 9.97 Å². The molecule has 0 aliphatic heterocycles. The Morgan fingerprint density at radius 1 is 0.917 bits per heavy atom. The number of benzene rings is 2. The molecule has 0 saturated heterocycles. The van der Waals surface area contributed by atoms with Crippen LogP contribution in [0.4, 0.5) is 17.3 Å². The predicted octanol–water partition coefficient (Wildman–Crippen LogP) is 3.06. The highest BCUT2D eigenvalue weighted by molar-refractivity contribution is 5.81. The quantitative estimate of drug-likeness (QED) is 0.588. The van der Waals surface area contributed by atoms with Gasteiger partial charge in [-0.05, 0) is 49.2 Å². The van der Waals surface area contributed by atoms with Crippen LogP contribution in [-0.4, -0.2) is 20.2 Å². The van der Waals surface area contributed by atoms with Crippen molar-refractivity contribution in [2.75, 3.05) is 11.1 Å². The van der Waals surface area contributed by atoms with Crippen LogP contribution in [0.2, 0.25) is 0 Å². The zero-order valence-electron chi connectivity index (χ0n) is 13.6. The van der Waals surface area contributed by atoms with Gasteiger partial charge in [-0.25, -0.2) is 9.97 Å². The lowest BCUT2D eigenvalue weighted by molar-refractivity contribution is 0.192. The Morgan fingerprint density at radius 2 is 1.46 bits per heavy atom. The number of hydrogen-bond acceptors (Lipinski definition) is 6. The van der Waals surface area contributed by atoms with Gasteiger partial charge in [0.25, 0.3) is 0 Å². The molecule has 0 aliphatic rings. The van der Waals surface area contributed by atoms with Gasteiger partial charge in [-0.3, -0.25) is 0 Å². The molecule has 3 rings (SSSR count). The summed E-state index contributed by atoms with van der Waals surface area (Å²) in [6.07, 6.45) is -1.30. The summed E-state index contributed by atoms with van der Waals surface area (Å²) in [5.74, 6) is 0.725. The molecule has 124 valence electrons. The number of fused-ring (bicyclic) bond motifs is 1. The first-order valence-electron chi connectivity index (χ1n) is 7.74. The molecular weight excluding hydrogens is 304 g/mol. The number of nitrogens with one attached hydrogen (secondary N) is 1. The molecule has 0 saturated carbocycles. The first-order valence-corrected chi connectivity index (χ1v) is 7.74. The fraction of sp³-hybridized carbons (Fsp3) is 0.222. The average molecular weight is 324 g/mol. The van der Waals surface area contributed by atoms with Crippen LogP contribution in [0.3, 0.4) is 0 Å². The van der Waals surface area contributed by atoms with Crippen molar-refractivity contribution in [3.05, 3.63) is 53.6 Å². The zero-order valence-corrected chi connectivity index (χ0v) is 13.6. The molecule has 0 bridgehead atoms. The van der Waals surface area contributed by atoms with Gasteiger partial charge < -0.3 is 21.3 Å². The highest BCUT2D eigenvalue weighted by Gasteiger charge is 2.11. The second-order valence-corrected chi connectivity index (χ2v) is 5.81. The molecule has 6 nitrogen and oxygen atoms in total. The fourth-order valence-corrected chi connectivity index (χ4v) is 2.47. The number of nitrogens with two attached hydrogens (primary N) is 1. The number of rotatable bonds is 4. The lowest BCUT2D eigenvalue weighted by atomic mass is 10.0. The summed E-state index contributed by atoms with van der Waals surface area (Å²) in [6.45, 7) is 3.35. The molecular formula is C18H20N4O2. The molecule has 1 aromatic heterocycles. The maximum absolute atomic E-state index is 9.85. The minimum Gasteiger partial charge on any atom is -0.389 e.